The van der Waals surface area contributed by atoms with Crippen LogP contribution in [0.1, 0.15) is 25.1 Å². The Hall–Kier alpha value is -1.74. The summed E-state index contributed by atoms with van der Waals surface area (Å²) in [6, 6.07) is 5.01. The number of aliphatic carboxylic acids is 1. The number of pyridine rings is 1. The molecule has 0 aromatic carbocycles. The Morgan fingerprint density at radius 2 is 2.29 bits per heavy atom. The standard InChI is InChI=1S/C11H12N2O3S/c1-11(2,10(14)15)17(16)7-8-3-4-13-9(5-8)6-12/h3-5H,7H2,1-2H3,(H,14,15). The number of carbonyl (C=O) groups is 1. The fraction of sp³-hybridized carbons (Fsp3) is 0.364. The highest BCUT2D eigenvalue weighted by Gasteiger charge is 2.34. The van der Waals surface area contributed by atoms with E-state index < -0.39 is 21.5 Å². The zero-order valence-corrected chi connectivity index (χ0v) is 10.3. The highest BCUT2D eigenvalue weighted by atomic mass is 32.2. The predicted octanol–water partition coefficient (Wildman–Crippen LogP) is 1.07. The van der Waals surface area contributed by atoms with E-state index in [0.29, 0.717) is 5.56 Å². The van der Waals surface area contributed by atoms with Gasteiger partial charge in [-0.3, -0.25) is 9.00 Å². The Morgan fingerprint density at radius 3 is 2.82 bits per heavy atom. The highest BCUT2D eigenvalue weighted by Crippen LogP contribution is 2.17. The van der Waals surface area contributed by atoms with E-state index in [1.54, 1.807) is 6.07 Å². The molecule has 1 N–H and O–H groups in total. The van der Waals surface area contributed by atoms with Gasteiger partial charge in [-0.15, -0.1) is 0 Å². The van der Waals surface area contributed by atoms with Crippen LogP contribution >= 0.6 is 0 Å². The number of carboxylic acids is 1. The Bertz CT molecular complexity index is 506. The molecule has 5 nitrogen and oxygen atoms in total. The summed E-state index contributed by atoms with van der Waals surface area (Å²) in [5, 5.41) is 17.6. The molecule has 1 unspecified atom stereocenters. The molecule has 0 aliphatic heterocycles. The largest absolute Gasteiger partial charge is 0.480 e. The number of aromatic nitrogens is 1. The third kappa shape index (κ3) is 3.11. The molecule has 0 bridgehead atoms. The molecule has 0 radical (unpaired) electrons. The number of carboxylic acid groups (broad SMARTS) is 1. The minimum absolute atomic E-state index is 0.0937. The van der Waals surface area contributed by atoms with E-state index in [0.717, 1.165) is 0 Å². The fourth-order valence-corrected chi connectivity index (χ4v) is 2.09. The molecule has 1 heterocycles. The molecule has 0 fully saturated rings. The van der Waals surface area contributed by atoms with Gasteiger partial charge in [0.25, 0.3) is 0 Å². The van der Waals surface area contributed by atoms with E-state index in [-0.39, 0.29) is 11.4 Å². The van der Waals surface area contributed by atoms with Gasteiger partial charge in [-0.1, -0.05) is 0 Å². The van der Waals surface area contributed by atoms with Crippen LogP contribution < -0.4 is 0 Å². The number of rotatable bonds is 4. The first-order valence-electron chi connectivity index (χ1n) is 4.85. The maximum absolute atomic E-state index is 11.9. The average Bonchev–Trinajstić information content (AvgIpc) is 2.29. The summed E-state index contributed by atoms with van der Waals surface area (Å²) in [6.45, 7) is 2.83. The summed E-state index contributed by atoms with van der Waals surface area (Å²) in [5.74, 6) is -1.01. The maximum atomic E-state index is 11.9. The van der Waals surface area contributed by atoms with E-state index in [4.69, 9.17) is 10.4 Å². The van der Waals surface area contributed by atoms with Crippen LogP contribution in [0.3, 0.4) is 0 Å². The fourth-order valence-electron chi connectivity index (χ4n) is 1.05. The molecule has 1 atom stereocenters. The van der Waals surface area contributed by atoms with Gasteiger partial charge in [0.15, 0.2) is 0 Å². The zero-order chi connectivity index (χ0) is 13.1. The average molecular weight is 252 g/mol. The van der Waals surface area contributed by atoms with E-state index in [9.17, 15) is 9.00 Å². The molecule has 0 saturated carbocycles. The first-order valence-corrected chi connectivity index (χ1v) is 6.16. The molecule has 90 valence electrons. The second-order valence-corrected chi connectivity index (χ2v) is 5.97. The smallest absolute Gasteiger partial charge is 0.321 e. The molecular formula is C11H12N2O3S. The third-order valence-corrected chi connectivity index (χ3v) is 4.23. The molecule has 0 saturated heterocycles. The number of hydrogen-bond acceptors (Lipinski definition) is 4. The van der Waals surface area contributed by atoms with Crippen LogP contribution in [0.15, 0.2) is 18.3 Å². The van der Waals surface area contributed by atoms with Crippen molar-refractivity contribution in [3.05, 3.63) is 29.6 Å². The van der Waals surface area contributed by atoms with Crippen molar-refractivity contribution < 1.29 is 14.1 Å². The summed E-state index contributed by atoms with van der Waals surface area (Å²) >= 11 is 0. The van der Waals surface area contributed by atoms with E-state index >= 15 is 0 Å². The van der Waals surface area contributed by atoms with Crippen molar-refractivity contribution in [2.24, 2.45) is 0 Å². The van der Waals surface area contributed by atoms with Crippen molar-refractivity contribution in [2.75, 3.05) is 0 Å². The topological polar surface area (TPSA) is 91.0 Å². The number of nitriles is 1. The van der Waals surface area contributed by atoms with Gasteiger partial charge in [0.1, 0.15) is 16.5 Å². The van der Waals surface area contributed by atoms with E-state index in [1.807, 2.05) is 6.07 Å². The SMILES string of the molecule is CC(C)(C(=O)O)S(=O)Cc1ccnc(C#N)c1. The van der Waals surface area contributed by atoms with Crippen LogP contribution in [-0.2, 0) is 21.3 Å². The van der Waals surface area contributed by atoms with Crippen LogP contribution in [0, 0.1) is 11.3 Å². The lowest BCUT2D eigenvalue weighted by Crippen LogP contribution is -2.37. The van der Waals surface area contributed by atoms with Gasteiger partial charge in [0.2, 0.25) is 0 Å². The third-order valence-electron chi connectivity index (χ3n) is 2.32. The van der Waals surface area contributed by atoms with Crippen molar-refractivity contribution in [2.45, 2.75) is 24.3 Å². The molecule has 1 aromatic rings. The van der Waals surface area contributed by atoms with Crippen LogP contribution in [0.2, 0.25) is 0 Å². The van der Waals surface area contributed by atoms with Crippen LogP contribution in [0.5, 0.6) is 0 Å². The number of nitrogens with zero attached hydrogens (tertiary/aromatic N) is 2. The zero-order valence-electron chi connectivity index (χ0n) is 9.51. The lowest BCUT2D eigenvalue weighted by atomic mass is 10.2. The van der Waals surface area contributed by atoms with Crippen molar-refractivity contribution >= 4 is 16.8 Å². The van der Waals surface area contributed by atoms with Crippen molar-refractivity contribution in [3.63, 3.8) is 0 Å². The molecule has 6 heteroatoms. The van der Waals surface area contributed by atoms with Crippen LogP contribution in [0.25, 0.3) is 0 Å². The molecule has 0 amide bonds. The summed E-state index contributed by atoms with van der Waals surface area (Å²) < 4.78 is 10.6. The van der Waals surface area contributed by atoms with Gasteiger partial charge in [-0.2, -0.15) is 5.26 Å². The molecule has 0 spiro atoms. The van der Waals surface area contributed by atoms with Gasteiger partial charge >= 0.3 is 5.97 Å². The summed E-state index contributed by atoms with van der Waals surface area (Å²) in [6.07, 6.45) is 1.44. The van der Waals surface area contributed by atoms with Gasteiger partial charge < -0.3 is 5.11 Å². The van der Waals surface area contributed by atoms with Gasteiger partial charge in [-0.25, -0.2) is 4.98 Å². The van der Waals surface area contributed by atoms with Crippen molar-refractivity contribution in [3.8, 4) is 6.07 Å². The molecule has 1 rings (SSSR count). The van der Waals surface area contributed by atoms with Crippen molar-refractivity contribution in [1.29, 1.82) is 5.26 Å². The normalized spacial score (nSPS) is 12.8. The number of hydrogen-bond donors (Lipinski definition) is 1. The summed E-state index contributed by atoms with van der Waals surface area (Å²) in [4.78, 5) is 14.7. The quantitative estimate of drug-likeness (QED) is 0.865. The van der Waals surface area contributed by atoms with Gasteiger partial charge in [0, 0.05) is 22.7 Å². The predicted molar refractivity (Wildman–Crippen MR) is 62.5 cm³/mol. The van der Waals surface area contributed by atoms with Crippen molar-refractivity contribution in [1.82, 2.24) is 4.98 Å². The summed E-state index contributed by atoms with van der Waals surface area (Å²) in [7, 11) is -1.56. The Morgan fingerprint density at radius 1 is 1.65 bits per heavy atom. The molecular weight excluding hydrogens is 240 g/mol. The molecule has 17 heavy (non-hydrogen) atoms. The van der Waals surface area contributed by atoms with E-state index in [2.05, 4.69) is 4.98 Å². The van der Waals surface area contributed by atoms with Crippen LogP contribution in [0.4, 0.5) is 0 Å². The lowest BCUT2D eigenvalue weighted by Gasteiger charge is -2.18. The monoisotopic (exact) mass is 252 g/mol. The van der Waals surface area contributed by atoms with Gasteiger partial charge in [-0.05, 0) is 31.5 Å². The first-order chi connectivity index (χ1) is 7.87. The second kappa shape index (κ2) is 5.06. The Balaban J connectivity index is 2.89. The maximum Gasteiger partial charge on any atom is 0.321 e. The highest BCUT2D eigenvalue weighted by molar-refractivity contribution is 7.86. The summed E-state index contributed by atoms with van der Waals surface area (Å²) in [5.41, 5.74) is 0.872. The first kappa shape index (κ1) is 13.3. The minimum Gasteiger partial charge on any atom is -0.480 e. The minimum atomic E-state index is -1.56. The molecule has 1 aromatic heterocycles. The Kier molecular flexibility index (Phi) is 3.97. The molecule has 0 aliphatic rings. The Labute approximate surface area is 102 Å². The second-order valence-electron chi connectivity index (χ2n) is 3.97. The molecule has 0 aliphatic carbocycles. The van der Waals surface area contributed by atoms with Crippen LogP contribution in [-0.4, -0.2) is 25.0 Å². The van der Waals surface area contributed by atoms with Gasteiger partial charge in [0.05, 0.1) is 0 Å². The van der Waals surface area contributed by atoms with E-state index in [1.165, 1.54) is 26.1 Å². The lowest BCUT2D eigenvalue weighted by molar-refractivity contribution is -0.139.